The van der Waals surface area contributed by atoms with E-state index in [1.165, 1.54) is 12.5 Å². The van der Waals surface area contributed by atoms with E-state index in [1.54, 1.807) is 9.58 Å². The van der Waals surface area contributed by atoms with Gasteiger partial charge in [-0.15, -0.1) is 0 Å². The first kappa shape index (κ1) is 18.2. The fourth-order valence-corrected chi connectivity index (χ4v) is 3.50. The second-order valence-electron chi connectivity index (χ2n) is 7.29. The Bertz CT molecular complexity index is 1020. The van der Waals surface area contributed by atoms with Crippen LogP contribution in [-0.2, 0) is 0 Å². The first-order chi connectivity index (χ1) is 13.6. The molecule has 0 unspecified atom stereocenters. The van der Waals surface area contributed by atoms with Crippen LogP contribution in [0.2, 0.25) is 0 Å². The lowest BCUT2D eigenvalue weighted by atomic mass is 9.85. The van der Waals surface area contributed by atoms with Crippen LogP contribution in [0, 0.1) is 12.8 Å². The van der Waals surface area contributed by atoms with Gasteiger partial charge < -0.3 is 4.90 Å². The summed E-state index contributed by atoms with van der Waals surface area (Å²) in [4.78, 5) is 27.7. The molecule has 1 fully saturated rings. The predicted octanol–water partition coefficient (Wildman–Crippen LogP) is 3.99. The number of carbonyl (C=O) groups excluding carboxylic acids is 1. The largest absolute Gasteiger partial charge is 0.307 e. The highest BCUT2D eigenvalue weighted by atomic mass is 16.2. The monoisotopic (exact) mass is 373 g/mol. The number of aryl methyl sites for hydroxylation is 1. The number of rotatable bonds is 5. The van der Waals surface area contributed by atoms with Crippen molar-refractivity contribution in [2.75, 3.05) is 11.4 Å². The highest BCUT2D eigenvalue weighted by molar-refractivity contribution is 6.04. The van der Waals surface area contributed by atoms with Gasteiger partial charge in [-0.2, -0.15) is 5.10 Å². The molecule has 1 aliphatic rings. The topological polar surface area (TPSA) is 55.2 Å². The van der Waals surface area contributed by atoms with Crippen LogP contribution in [0.3, 0.4) is 0 Å². The SMILES string of the molecule is Cc1cc(=O)c(C(=O)N(CC2CCC2)c2ccccc2)nn1-c1ccccc1. The van der Waals surface area contributed by atoms with Crippen LogP contribution < -0.4 is 10.3 Å². The molecule has 4 rings (SSSR count). The molecule has 1 aromatic heterocycles. The first-order valence-electron chi connectivity index (χ1n) is 9.67. The number of nitrogens with zero attached hydrogens (tertiary/aromatic N) is 3. The van der Waals surface area contributed by atoms with E-state index in [1.807, 2.05) is 67.6 Å². The average molecular weight is 373 g/mol. The maximum absolute atomic E-state index is 13.4. The molecule has 1 heterocycles. The van der Waals surface area contributed by atoms with Crippen molar-refractivity contribution < 1.29 is 4.79 Å². The van der Waals surface area contributed by atoms with Gasteiger partial charge in [-0.3, -0.25) is 9.59 Å². The standard InChI is InChI=1S/C23H23N3O2/c1-17-15-21(27)22(24-26(17)20-13-6-3-7-14-20)23(28)25(16-18-9-8-10-18)19-11-4-2-5-12-19/h2-7,11-15,18H,8-10,16H2,1H3. The van der Waals surface area contributed by atoms with Crippen LogP contribution in [0.5, 0.6) is 0 Å². The second kappa shape index (κ2) is 7.80. The molecule has 0 atom stereocenters. The van der Waals surface area contributed by atoms with E-state index in [0.717, 1.165) is 24.2 Å². The molecule has 5 nitrogen and oxygen atoms in total. The van der Waals surface area contributed by atoms with Gasteiger partial charge in [0, 0.05) is 24.0 Å². The molecule has 0 aliphatic heterocycles. The summed E-state index contributed by atoms with van der Waals surface area (Å²) in [5, 5.41) is 4.45. The number of aromatic nitrogens is 2. The van der Waals surface area contributed by atoms with Gasteiger partial charge >= 0.3 is 0 Å². The van der Waals surface area contributed by atoms with Crippen LogP contribution >= 0.6 is 0 Å². The van der Waals surface area contributed by atoms with Crippen LogP contribution in [0.15, 0.2) is 71.5 Å². The zero-order valence-electron chi connectivity index (χ0n) is 15.9. The van der Waals surface area contributed by atoms with Gasteiger partial charge in [-0.05, 0) is 49.9 Å². The summed E-state index contributed by atoms with van der Waals surface area (Å²) in [6.07, 6.45) is 3.43. The molecule has 0 saturated heterocycles. The summed E-state index contributed by atoms with van der Waals surface area (Å²) in [6.45, 7) is 2.43. The molecule has 3 aromatic rings. The van der Waals surface area contributed by atoms with Crippen LogP contribution in [0.1, 0.15) is 35.4 Å². The average Bonchev–Trinajstić information content (AvgIpc) is 2.68. The molecule has 0 N–H and O–H groups in total. The van der Waals surface area contributed by atoms with E-state index < -0.39 is 0 Å². The Morgan fingerprint density at radius 2 is 1.71 bits per heavy atom. The quantitative estimate of drug-likeness (QED) is 0.680. The van der Waals surface area contributed by atoms with Crippen molar-refractivity contribution in [2.24, 2.45) is 5.92 Å². The summed E-state index contributed by atoms with van der Waals surface area (Å²) in [6, 6.07) is 20.6. The number of anilines is 1. The molecule has 28 heavy (non-hydrogen) atoms. The number of hydrogen-bond acceptors (Lipinski definition) is 3. The predicted molar refractivity (Wildman–Crippen MR) is 110 cm³/mol. The summed E-state index contributed by atoms with van der Waals surface area (Å²) in [5.74, 6) is 0.138. The lowest BCUT2D eigenvalue weighted by Crippen LogP contribution is -2.40. The number of para-hydroxylation sites is 2. The maximum Gasteiger partial charge on any atom is 0.282 e. The van der Waals surface area contributed by atoms with Gasteiger partial charge in [-0.25, -0.2) is 4.68 Å². The Kier molecular flexibility index (Phi) is 5.06. The number of benzene rings is 2. The smallest absolute Gasteiger partial charge is 0.282 e. The van der Waals surface area contributed by atoms with Gasteiger partial charge in [0.1, 0.15) is 0 Å². The minimum Gasteiger partial charge on any atom is -0.307 e. The third kappa shape index (κ3) is 3.60. The van der Waals surface area contributed by atoms with Crippen molar-refractivity contribution in [3.63, 3.8) is 0 Å². The van der Waals surface area contributed by atoms with Crippen molar-refractivity contribution in [1.29, 1.82) is 0 Å². The molecule has 0 spiro atoms. The lowest BCUT2D eigenvalue weighted by molar-refractivity contribution is 0.0970. The van der Waals surface area contributed by atoms with Gasteiger partial charge in [0.05, 0.1) is 5.69 Å². The minimum atomic E-state index is -0.343. The molecule has 1 saturated carbocycles. The molecule has 0 radical (unpaired) electrons. The number of amides is 1. The van der Waals surface area contributed by atoms with Gasteiger partial charge in [0.15, 0.2) is 5.69 Å². The summed E-state index contributed by atoms with van der Waals surface area (Å²) in [5.41, 5.74) is 1.92. The maximum atomic E-state index is 13.4. The Balaban J connectivity index is 1.75. The van der Waals surface area contributed by atoms with Gasteiger partial charge in [0.25, 0.3) is 5.91 Å². The highest BCUT2D eigenvalue weighted by Crippen LogP contribution is 2.29. The molecule has 5 heteroatoms. The van der Waals surface area contributed by atoms with Crippen molar-refractivity contribution in [2.45, 2.75) is 26.2 Å². The van der Waals surface area contributed by atoms with E-state index >= 15 is 0 Å². The lowest BCUT2D eigenvalue weighted by Gasteiger charge is -2.32. The summed E-state index contributed by atoms with van der Waals surface area (Å²) >= 11 is 0. The zero-order chi connectivity index (χ0) is 19.5. The molecule has 2 aromatic carbocycles. The van der Waals surface area contributed by atoms with E-state index in [-0.39, 0.29) is 17.0 Å². The van der Waals surface area contributed by atoms with E-state index in [2.05, 4.69) is 5.10 Å². The molecular weight excluding hydrogens is 350 g/mol. The third-order valence-corrected chi connectivity index (χ3v) is 5.29. The van der Waals surface area contributed by atoms with E-state index in [9.17, 15) is 9.59 Å². The van der Waals surface area contributed by atoms with Gasteiger partial charge in [0.2, 0.25) is 5.43 Å². The summed E-state index contributed by atoms with van der Waals surface area (Å²) < 4.78 is 1.65. The van der Waals surface area contributed by atoms with E-state index in [4.69, 9.17) is 0 Å². The molecule has 1 amide bonds. The fourth-order valence-electron chi connectivity index (χ4n) is 3.50. The Morgan fingerprint density at radius 1 is 1.07 bits per heavy atom. The van der Waals surface area contributed by atoms with Crippen molar-refractivity contribution in [3.8, 4) is 5.69 Å². The first-order valence-corrected chi connectivity index (χ1v) is 9.67. The third-order valence-electron chi connectivity index (χ3n) is 5.29. The fraction of sp³-hybridized carbons (Fsp3) is 0.261. The zero-order valence-corrected chi connectivity index (χ0v) is 15.9. The molecular formula is C23H23N3O2. The molecule has 0 bridgehead atoms. The second-order valence-corrected chi connectivity index (χ2v) is 7.29. The Labute approximate surface area is 164 Å². The van der Waals surface area contributed by atoms with Crippen LogP contribution in [0.4, 0.5) is 5.69 Å². The normalized spacial score (nSPS) is 13.8. The summed E-state index contributed by atoms with van der Waals surface area (Å²) in [7, 11) is 0. The van der Waals surface area contributed by atoms with Crippen LogP contribution in [0.25, 0.3) is 5.69 Å². The molecule has 142 valence electrons. The Morgan fingerprint density at radius 3 is 2.32 bits per heavy atom. The van der Waals surface area contributed by atoms with Crippen molar-refractivity contribution >= 4 is 11.6 Å². The van der Waals surface area contributed by atoms with Gasteiger partial charge in [-0.1, -0.05) is 42.8 Å². The van der Waals surface area contributed by atoms with Crippen LogP contribution in [-0.4, -0.2) is 22.2 Å². The highest BCUT2D eigenvalue weighted by Gasteiger charge is 2.28. The minimum absolute atomic E-state index is 0.0439. The van der Waals surface area contributed by atoms with Crippen molar-refractivity contribution in [3.05, 3.63) is 88.3 Å². The molecule has 1 aliphatic carbocycles. The number of hydrogen-bond donors (Lipinski definition) is 0. The Hall–Kier alpha value is -3.21. The number of carbonyl (C=O) groups is 1. The van der Waals surface area contributed by atoms with E-state index in [0.29, 0.717) is 18.2 Å². The van der Waals surface area contributed by atoms with Crippen molar-refractivity contribution in [1.82, 2.24) is 9.78 Å².